The summed E-state index contributed by atoms with van der Waals surface area (Å²) < 4.78 is 0. The first kappa shape index (κ1) is 9.20. The minimum absolute atomic E-state index is 0.480. The third kappa shape index (κ3) is 2.31. The highest BCUT2D eigenvalue weighted by molar-refractivity contribution is 5.96. The van der Waals surface area contributed by atoms with Gasteiger partial charge in [-0.05, 0) is 38.8 Å². The van der Waals surface area contributed by atoms with E-state index in [1.54, 1.807) is 0 Å². The molecule has 0 aliphatic carbocycles. The molecule has 1 aliphatic rings. The van der Waals surface area contributed by atoms with Gasteiger partial charge in [-0.1, -0.05) is 12.2 Å². The average molecular weight is 164 g/mol. The maximum absolute atomic E-state index is 5.60. The summed E-state index contributed by atoms with van der Waals surface area (Å²) in [7, 11) is 0. The summed E-state index contributed by atoms with van der Waals surface area (Å²) in [5.74, 6) is 0.480. The second-order valence-electron chi connectivity index (χ2n) is 3.11. The summed E-state index contributed by atoms with van der Waals surface area (Å²) in [5, 5.41) is 0. The van der Waals surface area contributed by atoms with Crippen LogP contribution in [0.25, 0.3) is 0 Å². The highest BCUT2D eigenvalue weighted by Crippen LogP contribution is 2.16. The molecule has 2 nitrogen and oxygen atoms in total. The molecule has 0 bridgehead atoms. The number of nitrogens with two attached hydrogens (primary N) is 1. The van der Waals surface area contributed by atoms with Crippen LogP contribution in [-0.2, 0) is 0 Å². The van der Waals surface area contributed by atoms with E-state index in [4.69, 9.17) is 5.73 Å². The topological polar surface area (TPSA) is 38.4 Å². The van der Waals surface area contributed by atoms with Crippen molar-refractivity contribution in [1.29, 1.82) is 0 Å². The van der Waals surface area contributed by atoms with Crippen molar-refractivity contribution in [3.63, 3.8) is 0 Å². The number of rotatable bonds is 2. The zero-order valence-electron chi connectivity index (χ0n) is 7.75. The van der Waals surface area contributed by atoms with Gasteiger partial charge in [-0.3, -0.25) is 4.99 Å². The Bertz CT molecular complexity index is 236. The van der Waals surface area contributed by atoms with Crippen LogP contribution in [0.5, 0.6) is 0 Å². The predicted molar refractivity (Wildman–Crippen MR) is 53.2 cm³/mol. The highest BCUT2D eigenvalue weighted by atomic mass is 14.8. The summed E-state index contributed by atoms with van der Waals surface area (Å²) in [4.78, 5) is 4.41. The number of hydrogen-bond acceptors (Lipinski definition) is 2. The van der Waals surface area contributed by atoms with Crippen molar-refractivity contribution in [2.24, 2.45) is 16.6 Å². The molecule has 0 saturated carbocycles. The molecule has 1 rings (SSSR count). The summed E-state index contributed by atoms with van der Waals surface area (Å²) in [6.45, 7) is 4.74. The molecule has 1 atom stereocenters. The van der Waals surface area contributed by atoms with Crippen LogP contribution < -0.4 is 5.73 Å². The fraction of sp³-hybridized carbons (Fsp3) is 0.500. The van der Waals surface area contributed by atoms with Gasteiger partial charge in [-0.15, -0.1) is 0 Å². The molecule has 66 valence electrons. The van der Waals surface area contributed by atoms with Gasteiger partial charge in [-0.2, -0.15) is 0 Å². The molecule has 0 fully saturated rings. The van der Waals surface area contributed by atoms with E-state index < -0.39 is 0 Å². The lowest BCUT2D eigenvalue weighted by molar-refractivity contribution is 0.677. The zero-order chi connectivity index (χ0) is 8.97. The smallest absolute Gasteiger partial charge is 0.0409 e. The molecule has 0 aromatic heterocycles. The molecule has 0 saturated heterocycles. The van der Waals surface area contributed by atoms with E-state index in [1.165, 1.54) is 0 Å². The van der Waals surface area contributed by atoms with Crippen molar-refractivity contribution in [3.8, 4) is 0 Å². The third-order valence-corrected chi connectivity index (χ3v) is 1.93. The van der Waals surface area contributed by atoms with E-state index in [9.17, 15) is 0 Å². The standard InChI is InChI=1S/C10H16N2/c1-3-4-10-6-9(7-11)5-8(2)12-10/h3-5,9H,6-7,11H2,1-2H3/b4-3-. The lowest BCUT2D eigenvalue weighted by Gasteiger charge is -2.15. The van der Waals surface area contributed by atoms with Crippen molar-refractivity contribution in [3.05, 3.63) is 23.9 Å². The Morgan fingerprint density at radius 2 is 2.50 bits per heavy atom. The molecular formula is C10H16N2. The lowest BCUT2D eigenvalue weighted by atomic mass is 9.98. The van der Waals surface area contributed by atoms with Gasteiger partial charge < -0.3 is 5.73 Å². The van der Waals surface area contributed by atoms with Gasteiger partial charge in [0.2, 0.25) is 0 Å². The fourth-order valence-electron chi connectivity index (χ4n) is 1.43. The quantitative estimate of drug-likeness (QED) is 0.665. The fourth-order valence-corrected chi connectivity index (χ4v) is 1.43. The summed E-state index contributed by atoms with van der Waals surface area (Å²) in [6, 6.07) is 0. The molecule has 0 aromatic carbocycles. The normalized spacial score (nSPS) is 24.1. The summed E-state index contributed by atoms with van der Waals surface area (Å²) >= 11 is 0. The van der Waals surface area contributed by atoms with Crippen molar-refractivity contribution in [2.75, 3.05) is 6.54 Å². The summed E-state index contributed by atoms with van der Waals surface area (Å²) in [5.41, 5.74) is 7.83. The van der Waals surface area contributed by atoms with Crippen LogP contribution in [-0.4, -0.2) is 12.3 Å². The van der Waals surface area contributed by atoms with E-state index in [1.807, 2.05) is 19.9 Å². The van der Waals surface area contributed by atoms with Crippen LogP contribution in [0.2, 0.25) is 0 Å². The molecule has 1 aliphatic heterocycles. The molecule has 2 heteroatoms. The largest absolute Gasteiger partial charge is 0.330 e. The van der Waals surface area contributed by atoms with Gasteiger partial charge in [0.1, 0.15) is 0 Å². The molecule has 0 radical (unpaired) electrons. The van der Waals surface area contributed by atoms with E-state index >= 15 is 0 Å². The van der Waals surface area contributed by atoms with Gasteiger partial charge in [0.15, 0.2) is 0 Å². The predicted octanol–water partition coefficient (Wildman–Crippen LogP) is 1.89. The number of nitrogens with zero attached hydrogens (tertiary/aromatic N) is 1. The number of allylic oxidation sites excluding steroid dienone is 3. The van der Waals surface area contributed by atoms with Gasteiger partial charge in [-0.25, -0.2) is 0 Å². The van der Waals surface area contributed by atoms with E-state index in [0.29, 0.717) is 12.5 Å². The van der Waals surface area contributed by atoms with E-state index in [2.05, 4.69) is 17.1 Å². The maximum atomic E-state index is 5.60. The molecule has 1 unspecified atom stereocenters. The Morgan fingerprint density at radius 1 is 1.75 bits per heavy atom. The van der Waals surface area contributed by atoms with Crippen molar-refractivity contribution >= 4 is 5.71 Å². The molecule has 0 aromatic rings. The van der Waals surface area contributed by atoms with Crippen LogP contribution >= 0.6 is 0 Å². The van der Waals surface area contributed by atoms with Crippen molar-refractivity contribution < 1.29 is 0 Å². The second kappa shape index (κ2) is 4.21. The maximum Gasteiger partial charge on any atom is 0.0409 e. The van der Waals surface area contributed by atoms with Gasteiger partial charge in [0.05, 0.1) is 0 Å². The van der Waals surface area contributed by atoms with Crippen molar-refractivity contribution in [1.82, 2.24) is 0 Å². The van der Waals surface area contributed by atoms with Gasteiger partial charge in [0.25, 0.3) is 0 Å². The number of hydrogen-bond donors (Lipinski definition) is 1. The average Bonchev–Trinajstić information content (AvgIpc) is 2.04. The molecule has 1 heterocycles. The third-order valence-electron chi connectivity index (χ3n) is 1.93. The minimum Gasteiger partial charge on any atom is -0.330 e. The Balaban J connectivity index is 2.73. The Hall–Kier alpha value is -0.890. The molecule has 12 heavy (non-hydrogen) atoms. The summed E-state index contributed by atoms with van der Waals surface area (Å²) in [6.07, 6.45) is 7.20. The molecule has 0 spiro atoms. The van der Waals surface area contributed by atoms with Gasteiger partial charge >= 0.3 is 0 Å². The van der Waals surface area contributed by atoms with E-state index in [0.717, 1.165) is 17.8 Å². The van der Waals surface area contributed by atoms with Crippen LogP contribution in [0.4, 0.5) is 0 Å². The number of aliphatic imine (C=N–C) groups is 1. The zero-order valence-corrected chi connectivity index (χ0v) is 7.75. The van der Waals surface area contributed by atoms with Crippen LogP contribution in [0, 0.1) is 5.92 Å². The molecule has 2 N–H and O–H groups in total. The highest BCUT2D eigenvalue weighted by Gasteiger charge is 2.11. The SMILES string of the molecule is C/C=C\C1=NC(C)=CC(CN)C1. The molecule has 0 amide bonds. The first-order valence-electron chi connectivity index (χ1n) is 4.35. The van der Waals surface area contributed by atoms with E-state index in [-0.39, 0.29) is 0 Å². The van der Waals surface area contributed by atoms with Crippen molar-refractivity contribution in [2.45, 2.75) is 20.3 Å². The first-order chi connectivity index (χ1) is 5.76. The Kier molecular flexibility index (Phi) is 3.23. The van der Waals surface area contributed by atoms with Crippen LogP contribution in [0.3, 0.4) is 0 Å². The Morgan fingerprint density at radius 3 is 3.08 bits per heavy atom. The second-order valence-corrected chi connectivity index (χ2v) is 3.11. The monoisotopic (exact) mass is 164 g/mol. The molecular weight excluding hydrogens is 148 g/mol. The Labute approximate surface area is 73.9 Å². The van der Waals surface area contributed by atoms with Gasteiger partial charge in [0, 0.05) is 11.4 Å². The lowest BCUT2D eigenvalue weighted by Crippen LogP contribution is -2.18. The van der Waals surface area contributed by atoms with Crippen LogP contribution in [0.1, 0.15) is 20.3 Å². The minimum atomic E-state index is 0.480. The first-order valence-corrected chi connectivity index (χ1v) is 4.35. The van der Waals surface area contributed by atoms with Crippen LogP contribution in [0.15, 0.2) is 28.9 Å².